The summed E-state index contributed by atoms with van der Waals surface area (Å²) in [6, 6.07) is 0. The topological polar surface area (TPSA) is 26.0 Å². The molecule has 2 N–H and O–H groups in total. The summed E-state index contributed by atoms with van der Waals surface area (Å²) in [7, 11) is 0. The third kappa shape index (κ3) is 3.17. The molecule has 1 fully saturated rings. The van der Waals surface area contributed by atoms with E-state index in [1.54, 1.807) is 0 Å². The van der Waals surface area contributed by atoms with Crippen molar-refractivity contribution in [3.63, 3.8) is 0 Å². The first kappa shape index (κ1) is 8.75. The van der Waals surface area contributed by atoms with Crippen molar-refractivity contribution in [3.05, 3.63) is 0 Å². The largest absolute Gasteiger partial charge is 0.330 e. The molecule has 1 rings (SSSR count). The maximum atomic E-state index is 5.43. The quantitative estimate of drug-likeness (QED) is 0.713. The molecule has 3 heteroatoms. The second-order valence-electron chi connectivity index (χ2n) is 2.46. The molecule has 1 heterocycles. The smallest absolute Gasteiger partial charge is 0.0503 e. The zero-order valence-electron chi connectivity index (χ0n) is 6.21. The summed E-state index contributed by atoms with van der Waals surface area (Å²) in [5.41, 5.74) is 5.43. The van der Waals surface area contributed by atoms with Gasteiger partial charge >= 0.3 is 0 Å². The molecule has 0 aromatic rings. The number of hydrogen-bond acceptors (Lipinski definition) is 3. The molecule has 0 aromatic carbocycles. The first-order valence-corrected chi connectivity index (χ1v) is 5.96. The van der Waals surface area contributed by atoms with Crippen molar-refractivity contribution in [2.24, 2.45) is 5.73 Å². The van der Waals surface area contributed by atoms with Gasteiger partial charge in [-0.25, -0.2) is 0 Å². The minimum atomic E-state index is 0.859. The van der Waals surface area contributed by atoms with Gasteiger partial charge in [0, 0.05) is 0 Å². The van der Waals surface area contributed by atoms with Gasteiger partial charge in [0.2, 0.25) is 0 Å². The summed E-state index contributed by atoms with van der Waals surface area (Å²) in [6.45, 7) is 0.859. The van der Waals surface area contributed by atoms with Crippen LogP contribution in [0.15, 0.2) is 0 Å². The van der Waals surface area contributed by atoms with Gasteiger partial charge in [-0.3, -0.25) is 0 Å². The van der Waals surface area contributed by atoms with E-state index in [-0.39, 0.29) is 0 Å². The Balaban J connectivity index is 2.02. The Hall–Kier alpha value is 0.660. The van der Waals surface area contributed by atoms with Crippen molar-refractivity contribution in [2.75, 3.05) is 18.1 Å². The summed E-state index contributed by atoms with van der Waals surface area (Å²) in [6.07, 6.45) is 3.91. The van der Waals surface area contributed by atoms with E-state index in [2.05, 4.69) is 23.5 Å². The molecule has 1 nitrogen and oxygen atoms in total. The molecule has 0 aliphatic carbocycles. The van der Waals surface area contributed by atoms with Crippen molar-refractivity contribution < 1.29 is 0 Å². The predicted octanol–water partition coefficient (Wildman–Crippen LogP) is 1.92. The highest BCUT2D eigenvalue weighted by atomic mass is 32.2. The van der Waals surface area contributed by atoms with Gasteiger partial charge in [-0.05, 0) is 37.3 Å². The summed E-state index contributed by atoms with van der Waals surface area (Å²) >= 11 is 4.22. The minimum absolute atomic E-state index is 0.859. The van der Waals surface area contributed by atoms with E-state index >= 15 is 0 Å². The first-order chi connectivity index (χ1) is 4.93. The average Bonchev–Trinajstić information content (AvgIpc) is 2.03. The SMILES string of the molecule is NCCCC1SCCCS1. The minimum Gasteiger partial charge on any atom is -0.330 e. The Bertz CT molecular complexity index is 81.7. The Morgan fingerprint density at radius 2 is 2.00 bits per heavy atom. The number of thioether (sulfide) groups is 2. The standard InChI is InChI=1S/C7H15NS2/c8-4-1-3-7-9-5-2-6-10-7/h7H,1-6,8H2. The highest BCUT2D eigenvalue weighted by Gasteiger charge is 2.12. The number of hydrogen-bond donors (Lipinski definition) is 1. The molecular weight excluding hydrogens is 162 g/mol. The summed E-state index contributed by atoms with van der Waals surface area (Å²) in [5, 5.41) is 0. The molecule has 1 aliphatic heterocycles. The fourth-order valence-corrected chi connectivity index (χ4v) is 3.95. The molecule has 1 saturated heterocycles. The van der Waals surface area contributed by atoms with Crippen LogP contribution in [-0.4, -0.2) is 22.6 Å². The zero-order valence-corrected chi connectivity index (χ0v) is 7.85. The normalized spacial score (nSPS) is 21.3. The van der Waals surface area contributed by atoms with Gasteiger partial charge in [-0.1, -0.05) is 0 Å². The van der Waals surface area contributed by atoms with Crippen LogP contribution in [0.2, 0.25) is 0 Å². The molecule has 1 aliphatic rings. The van der Waals surface area contributed by atoms with Crippen molar-refractivity contribution in [3.8, 4) is 0 Å². The maximum Gasteiger partial charge on any atom is 0.0503 e. The molecule has 0 spiro atoms. The number of nitrogens with two attached hydrogens (primary N) is 1. The Morgan fingerprint density at radius 3 is 2.60 bits per heavy atom. The van der Waals surface area contributed by atoms with E-state index in [0.717, 1.165) is 11.1 Å². The van der Waals surface area contributed by atoms with Crippen LogP contribution in [0, 0.1) is 0 Å². The lowest BCUT2D eigenvalue weighted by atomic mass is 10.3. The average molecular weight is 177 g/mol. The van der Waals surface area contributed by atoms with Crippen molar-refractivity contribution in [1.29, 1.82) is 0 Å². The van der Waals surface area contributed by atoms with Gasteiger partial charge < -0.3 is 5.73 Å². The van der Waals surface area contributed by atoms with E-state index < -0.39 is 0 Å². The van der Waals surface area contributed by atoms with Crippen LogP contribution in [0.1, 0.15) is 19.3 Å². The Morgan fingerprint density at radius 1 is 1.30 bits per heavy atom. The lowest BCUT2D eigenvalue weighted by molar-refractivity contribution is 0.793. The van der Waals surface area contributed by atoms with Crippen molar-refractivity contribution in [1.82, 2.24) is 0 Å². The number of rotatable bonds is 3. The molecule has 0 aromatic heterocycles. The second kappa shape index (κ2) is 5.33. The van der Waals surface area contributed by atoms with Gasteiger partial charge in [0.15, 0.2) is 0 Å². The van der Waals surface area contributed by atoms with Crippen LogP contribution >= 0.6 is 23.5 Å². The monoisotopic (exact) mass is 177 g/mol. The van der Waals surface area contributed by atoms with Gasteiger partial charge in [-0.15, -0.1) is 23.5 Å². The molecule has 0 unspecified atom stereocenters. The molecule has 60 valence electrons. The van der Waals surface area contributed by atoms with Gasteiger partial charge in [-0.2, -0.15) is 0 Å². The summed E-state index contributed by atoms with van der Waals surface area (Å²) in [5.74, 6) is 2.73. The third-order valence-corrected chi connectivity index (χ3v) is 4.62. The van der Waals surface area contributed by atoms with E-state index in [1.807, 2.05) is 0 Å². The molecule has 0 atom stereocenters. The lowest BCUT2D eigenvalue weighted by Gasteiger charge is -2.20. The summed E-state index contributed by atoms with van der Waals surface area (Å²) < 4.78 is 0.859. The van der Waals surface area contributed by atoms with Crippen molar-refractivity contribution in [2.45, 2.75) is 23.8 Å². The molecule has 0 saturated carbocycles. The molecular formula is C7H15NS2. The van der Waals surface area contributed by atoms with Gasteiger partial charge in [0.25, 0.3) is 0 Å². The first-order valence-electron chi connectivity index (χ1n) is 3.87. The Labute approximate surface area is 71.5 Å². The lowest BCUT2D eigenvalue weighted by Crippen LogP contribution is -2.09. The van der Waals surface area contributed by atoms with Gasteiger partial charge in [0.05, 0.1) is 4.58 Å². The van der Waals surface area contributed by atoms with Crippen LogP contribution in [0.4, 0.5) is 0 Å². The molecule has 0 bridgehead atoms. The van der Waals surface area contributed by atoms with Crippen molar-refractivity contribution >= 4 is 23.5 Å². The van der Waals surface area contributed by atoms with Crippen LogP contribution in [0.25, 0.3) is 0 Å². The van der Waals surface area contributed by atoms with Crippen LogP contribution < -0.4 is 5.73 Å². The van der Waals surface area contributed by atoms with E-state index in [0.29, 0.717) is 0 Å². The van der Waals surface area contributed by atoms with Crippen LogP contribution in [0.5, 0.6) is 0 Å². The van der Waals surface area contributed by atoms with E-state index in [1.165, 1.54) is 30.8 Å². The van der Waals surface area contributed by atoms with E-state index in [9.17, 15) is 0 Å². The molecule has 10 heavy (non-hydrogen) atoms. The zero-order chi connectivity index (χ0) is 7.23. The van der Waals surface area contributed by atoms with Gasteiger partial charge in [0.1, 0.15) is 0 Å². The fraction of sp³-hybridized carbons (Fsp3) is 1.00. The second-order valence-corrected chi connectivity index (χ2v) is 5.38. The highest BCUT2D eigenvalue weighted by Crippen LogP contribution is 2.33. The molecule has 0 amide bonds. The van der Waals surface area contributed by atoms with E-state index in [4.69, 9.17) is 5.73 Å². The maximum absolute atomic E-state index is 5.43. The van der Waals surface area contributed by atoms with Crippen LogP contribution in [-0.2, 0) is 0 Å². The summed E-state index contributed by atoms with van der Waals surface area (Å²) in [4.78, 5) is 0. The molecule has 0 radical (unpaired) electrons. The Kier molecular flexibility index (Phi) is 4.66. The third-order valence-electron chi connectivity index (χ3n) is 1.54. The fourth-order valence-electron chi connectivity index (χ4n) is 0.988. The van der Waals surface area contributed by atoms with Crippen LogP contribution in [0.3, 0.4) is 0 Å². The highest BCUT2D eigenvalue weighted by molar-refractivity contribution is 8.17. The predicted molar refractivity (Wildman–Crippen MR) is 51.6 cm³/mol.